The van der Waals surface area contributed by atoms with Crippen molar-refractivity contribution in [1.82, 2.24) is 9.88 Å². The van der Waals surface area contributed by atoms with Crippen molar-refractivity contribution in [1.29, 1.82) is 0 Å². The van der Waals surface area contributed by atoms with Gasteiger partial charge in [-0.25, -0.2) is 4.79 Å². The van der Waals surface area contributed by atoms with Crippen LogP contribution in [0.15, 0.2) is 27.4 Å². The first-order valence-electron chi connectivity index (χ1n) is 6.49. The molecule has 1 unspecified atom stereocenters. The number of rotatable bonds is 4. The van der Waals surface area contributed by atoms with Crippen LogP contribution in [0.3, 0.4) is 0 Å². The topological polar surface area (TPSA) is 67.4 Å². The van der Waals surface area contributed by atoms with Crippen molar-refractivity contribution >= 4 is 11.1 Å². The van der Waals surface area contributed by atoms with Gasteiger partial charge in [0.2, 0.25) is 0 Å². The Morgan fingerprint density at radius 1 is 1.53 bits per heavy atom. The van der Waals surface area contributed by atoms with Crippen molar-refractivity contribution < 1.29 is 9.52 Å². The minimum atomic E-state index is -0.351. The minimum Gasteiger partial charge on any atom is -0.408 e. The van der Waals surface area contributed by atoms with Crippen LogP contribution < -0.4 is 11.1 Å². The Kier molecular flexibility index (Phi) is 2.76. The molecular weight excluding hydrogens is 244 g/mol. The number of hydrogen-bond donors (Lipinski definition) is 2. The van der Waals surface area contributed by atoms with Gasteiger partial charge in [-0.2, -0.15) is 0 Å². The Bertz CT molecular complexity index is 667. The number of aliphatic hydroxyl groups is 1. The Morgan fingerprint density at radius 3 is 2.84 bits per heavy atom. The second kappa shape index (κ2) is 4.21. The first-order valence-corrected chi connectivity index (χ1v) is 6.49. The first kappa shape index (κ1) is 12.4. The van der Waals surface area contributed by atoms with Crippen molar-refractivity contribution in [3.63, 3.8) is 0 Å². The molecule has 2 N–H and O–H groups in total. The predicted molar refractivity (Wildman–Crippen MR) is 72.0 cm³/mol. The molecule has 0 radical (unpaired) electrons. The molecule has 1 aromatic carbocycles. The monoisotopic (exact) mass is 262 g/mol. The van der Waals surface area contributed by atoms with E-state index in [2.05, 4.69) is 5.32 Å². The predicted octanol–water partition coefficient (Wildman–Crippen LogP) is 1.16. The number of benzene rings is 1. The second-order valence-corrected chi connectivity index (χ2v) is 5.40. The molecule has 5 heteroatoms. The van der Waals surface area contributed by atoms with Gasteiger partial charge in [0.05, 0.1) is 12.1 Å². The maximum atomic E-state index is 11.5. The Balaban J connectivity index is 2.07. The van der Waals surface area contributed by atoms with Crippen LogP contribution in [0.5, 0.6) is 0 Å². The lowest BCUT2D eigenvalue weighted by atomic mass is 9.90. The molecule has 1 aliphatic rings. The van der Waals surface area contributed by atoms with Gasteiger partial charge in [0.25, 0.3) is 0 Å². The van der Waals surface area contributed by atoms with E-state index in [1.807, 2.05) is 25.2 Å². The van der Waals surface area contributed by atoms with E-state index in [1.165, 1.54) is 4.57 Å². The van der Waals surface area contributed by atoms with Crippen LogP contribution in [0.4, 0.5) is 0 Å². The number of oxazole rings is 1. The van der Waals surface area contributed by atoms with E-state index in [0.717, 1.165) is 23.9 Å². The summed E-state index contributed by atoms with van der Waals surface area (Å²) in [6, 6.07) is 5.88. The fourth-order valence-electron chi connectivity index (χ4n) is 2.86. The number of nitrogens with zero attached hydrogens (tertiary/aromatic N) is 1. The average molecular weight is 262 g/mol. The molecule has 0 aliphatic heterocycles. The quantitative estimate of drug-likeness (QED) is 0.868. The van der Waals surface area contributed by atoms with Gasteiger partial charge in [0.1, 0.15) is 0 Å². The average Bonchev–Trinajstić information content (AvgIpc) is 3.14. The van der Waals surface area contributed by atoms with Gasteiger partial charge in [-0.3, -0.25) is 4.57 Å². The number of fused-ring (bicyclic) bond motifs is 1. The highest BCUT2D eigenvalue weighted by Gasteiger charge is 2.49. The van der Waals surface area contributed by atoms with E-state index in [1.54, 1.807) is 7.05 Å². The number of aliphatic hydroxyl groups excluding tert-OH is 1. The summed E-state index contributed by atoms with van der Waals surface area (Å²) in [4.78, 5) is 11.5. The van der Waals surface area contributed by atoms with E-state index < -0.39 is 0 Å². The van der Waals surface area contributed by atoms with Gasteiger partial charge in [0, 0.05) is 18.5 Å². The molecule has 0 amide bonds. The summed E-state index contributed by atoms with van der Waals surface area (Å²) in [6.45, 7) is 0.176. The Morgan fingerprint density at radius 2 is 2.26 bits per heavy atom. The smallest absolute Gasteiger partial charge is 0.408 e. The molecule has 1 aliphatic carbocycles. The lowest BCUT2D eigenvalue weighted by Crippen LogP contribution is -2.29. The molecule has 102 valence electrons. The standard InChI is InChI=1S/C14H18N2O3/c1-15-12(14(8-17)5-6-14)9-3-4-10-11(7-9)19-13(18)16(10)2/h3-4,7,12,15,17H,5-6,8H2,1-2H3. The highest BCUT2D eigenvalue weighted by molar-refractivity contribution is 5.73. The van der Waals surface area contributed by atoms with Crippen molar-refractivity contribution in [2.45, 2.75) is 18.9 Å². The molecule has 0 saturated heterocycles. The molecule has 3 rings (SSSR count). The molecule has 0 spiro atoms. The number of aromatic nitrogens is 1. The van der Waals surface area contributed by atoms with E-state index in [9.17, 15) is 9.90 Å². The normalized spacial score (nSPS) is 18.7. The third-order valence-electron chi connectivity index (χ3n) is 4.26. The van der Waals surface area contributed by atoms with Crippen molar-refractivity contribution in [2.24, 2.45) is 12.5 Å². The van der Waals surface area contributed by atoms with Crippen LogP contribution >= 0.6 is 0 Å². The van der Waals surface area contributed by atoms with Gasteiger partial charge in [-0.15, -0.1) is 0 Å². The van der Waals surface area contributed by atoms with Crippen LogP contribution in [-0.2, 0) is 7.05 Å². The largest absolute Gasteiger partial charge is 0.419 e. The molecule has 1 saturated carbocycles. The summed E-state index contributed by atoms with van der Waals surface area (Å²) >= 11 is 0. The zero-order chi connectivity index (χ0) is 13.6. The van der Waals surface area contributed by atoms with Crippen LogP contribution in [0.25, 0.3) is 11.1 Å². The Labute approximate surface area is 110 Å². The lowest BCUT2D eigenvalue weighted by molar-refractivity contribution is 0.175. The van der Waals surface area contributed by atoms with Gasteiger partial charge >= 0.3 is 5.76 Å². The third kappa shape index (κ3) is 1.81. The highest BCUT2D eigenvalue weighted by atomic mass is 16.4. The molecule has 0 bridgehead atoms. The molecular formula is C14H18N2O3. The summed E-state index contributed by atoms with van der Waals surface area (Å²) < 4.78 is 6.71. The summed E-state index contributed by atoms with van der Waals surface area (Å²) in [7, 11) is 3.59. The van der Waals surface area contributed by atoms with Crippen LogP contribution in [0.1, 0.15) is 24.4 Å². The fraction of sp³-hybridized carbons (Fsp3) is 0.500. The summed E-state index contributed by atoms with van der Waals surface area (Å²) in [5, 5.41) is 12.8. The van der Waals surface area contributed by atoms with Crippen LogP contribution in [-0.4, -0.2) is 23.3 Å². The van der Waals surface area contributed by atoms with Crippen LogP contribution in [0.2, 0.25) is 0 Å². The summed E-state index contributed by atoms with van der Waals surface area (Å²) in [5.41, 5.74) is 2.38. The zero-order valence-corrected chi connectivity index (χ0v) is 11.1. The molecule has 1 fully saturated rings. The van der Waals surface area contributed by atoms with Gasteiger partial charge in [0.15, 0.2) is 5.58 Å². The highest BCUT2D eigenvalue weighted by Crippen LogP contribution is 2.54. The lowest BCUT2D eigenvalue weighted by Gasteiger charge is -2.25. The fourth-order valence-corrected chi connectivity index (χ4v) is 2.86. The van der Waals surface area contributed by atoms with Crippen molar-refractivity contribution in [3.05, 3.63) is 34.3 Å². The molecule has 1 heterocycles. The van der Waals surface area contributed by atoms with Gasteiger partial charge < -0.3 is 14.8 Å². The van der Waals surface area contributed by atoms with Crippen molar-refractivity contribution in [2.75, 3.05) is 13.7 Å². The van der Waals surface area contributed by atoms with E-state index >= 15 is 0 Å². The Hall–Kier alpha value is -1.59. The molecule has 1 aromatic heterocycles. The molecule has 1 atom stereocenters. The SMILES string of the molecule is CNC(c1ccc2c(c1)oc(=O)n2C)C1(CO)CC1. The number of aryl methyl sites for hydroxylation is 1. The van der Waals surface area contributed by atoms with E-state index in [-0.39, 0.29) is 23.8 Å². The molecule has 19 heavy (non-hydrogen) atoms. The van der Waals surface area contributed by atoms with Gasteiger partial charge in [-0.1, -0.05) is 6.07 Å². The van der Waals surface area contributed by atoms with Crippen molar-refractivity contribution in [3.8, 4) is 0 Å². The maximum Gasteiger partial charge on any atom is 0.419 e. The number of nitrogens with one attached hydrogen (secondary N) is 1. The van der Waals surface area contributed by atoms with E-state index in [4.69, 9.17) is 4.42 Å². The molecule has 5 nitrogen and oxygen atoms in total. The van der Waals surface area contributed by atoms with Crippen LogP contribution in [0, 0.1) is 5.41 Å². The summed E-state index contributed by atoms with van der Waals surface area (Å²) in [5.74, 6) is -0.351. The minimum absolute atomic E-state index is 0.0580. The van der Waals surface area contributed by atoms with E-state index in [0.29, 0.717) is 5.58 Å². The third-order valence-corrected chi connectivity index (χ3v) is 4.26. The van der Waals surface area contributed by atoms with Gasteiger partial charge in [-0.05, 0) is 37.6 Å². The summed E-state index contributed by atoms with van der Waals surface area (Å²) in [6.07, 6.45) is 2.04. The first-order chi connectivity index (χ1) is 9.11. The zero-order valence-electron chi connectivity index (χ0n) is 11.1. The second-order valence-electron chi connectivity index (χ2n) is 5.40. The molecule has 2 aromatic rings. The maximum absolute atomic E-state index is 11.5. The number of hydrogen-bond acceptors (Lipinski definition) is 4.